The number of aromatic nitrogens is 1. The lowest BCUT2D eigenvalue weighted by Crippen LogP contribution is -2.45. The molecule has 3 rings (SSSR count). The Morgan fingerprint density at radius 2 is 2.15 bits per heavy atom. The topological polar surface area (TPSA) is 65.5 Å². The van der Waals surface area contributed by atoms with Crippen molar-refractivity contribution >= 4 is 51.5 Å². The van der Waals surface area contributed by atoms with Gasteiger partial charge in [-0.3, -0.25) is 14.5 Å². The Morgan fingerprint density at radius 3 is 2.85 bits per heavy atom. The van der Waals surface area contributed by atoms with Gasteiger partial charge in [-0.05, 0) is 37.6 Å². The lowest BCUT2D eigenvalue weighted by molar-refractivity contribution is -0.133. The van der Waals surface area contributed by atoms with E-state index in [2.05, 4.69) is 10.3 Å². The molecule has 1 fully saturated rings. The van der Waals surface area contributed by atoms with E-state index in [1.807, 2.05) is 10.3 Å². The summed E-state index contributed by atoms with van der Waals surface area (Å²) in [5.74, 6) is -0.147. The van der Waals surface area contributed by atoms with Gasteiger partial charge in [-0.15, -0.1) is 11.3 Å². The van der Waals surface area contributed by atoms with E-state index in [1.54, 1.807) is 37.2 Å². The zero-order valence-electron chi connectivity index (χ0n) is 15.0. The predicted octanol–water partition coefficient (Wildman–Crippen LogP) is 3.61. The largest absolute Gasteiger partial charge is 0.347 e. The minimum atomic E-state index is -0.231. The van der Waals surface area contributed by atoms with Crippen molar-refractivity contribution in [2.45, 2.75) is 18.9 Å². The zero-order valence-corrected chi connectivity index (χ0v) is 17.4. The van der Waals surface area contributed by atoms with Gasteiger partial charge in [-0.2, -0.15) is 0 Å². The third-order valence-electron chi connectivity index (χ3n) is 4.39. The number of rotatable bonds is 5. The molecular formula is C18H20Cl2N4O2S. The van der Waals surface area contributed by atoms with Gasteiger partial charge < -0.3 is 10.2 Å². The third-order valence-corrected chi connectivity index (χ3v) is 5.70. The van der Waals surface area contributed by atoms with Crippen LogP contribution in [0.3, 0.4) is 0 Å². The van der Waals surface area contributed by atoms with Crippen LogP contribution >= 0.6 is 34.5 Å². The number of benzene rings is 1. The molecule has 2 heterocycles. The summed E-state index contributed by atoms with van der Waals surface area (Å²) in [7, 11) is 3.47. The van der Waals surface area contributed by atoms with E-state index in [0.29, 0.717) is 20.9 Å². The van der Waals surface area contributed by atoms with Gasteiger partial charge in [0.15, 0.2) is 5.13 Å². The number of likely N-dealkylation sites (N-methyl/N-ethyl adjacent to an activating group) is 1. The minimum Gasteiger partial charge on any atom is -0.347 e. The summed E-state index contributed by atoms with van der Waals surface area (Å²) in [4.78, 5) is 32.6. The number of amides is 2. The molecule has 2 amide bonds. The van der Waals surface area contributed by atoms with Crippen LogP contribution in [0.15, 0.2) is 23.6 Å². The number of anilines is 1. The van der Waals surface area contributed by atoms with Crippen molar-refractivity contribution in [3.05, 3.63) is 33.6 Å². The fourth-order valence-electron chi connectivity index (χ4n) is 3.09. The maximum atomic E-state index is 12.4. The molecule has 0 bridgehead atoms. The van der Waals surface area contributed by atoms with E-state index in [4.69, 9.17) is 23.2 Å². The summed E-state index contributed by atoms with van der Waals surface area (Å²) in [5, 5.41) is 6.20. The molecule has 9 heteroatoms. The second-order valence-electron chi connectivity index (χ2n) is 6.57. The molecule has 0 saturated carbocycles. The molecule has 1 atom stereocenters. The summed E-state index contributed by atoms with van der Waals surface area (Å²) in [6, 6.07) is 4.97. The number of halogens is 2. The number of nitrogens with zero attached hydrogens (tertiary/aromatic N) is 3. The Morgan fingerprint density at radius 1 is 1.37 bits per heavy atom. The number of carbonyl (C=O) groups excluding carboxylic acids is 2. The summed E-state index contributed by atoms with van der Waals surface area (Å²) in [6.45, 7) is 0.905. The highest BCUT2D eigenvalue weighted by molar-refractivity contribution is 7.14. The van der Waals surface area contributed by atoms with E-state index in [-0.39, 0.29) is 24.4 Å². The first kappa shape index (κ1) is 20.1. The number of carbonyl (C=O) groups is 2. The third kappa shape index (κ3) is 4.79. The van der Waals surface area contributed by atoms with Crippen LogP contribution in [0.25, 0.3) is 11.3 Å². The Bertz CT molecular complexity index is 856. The molecule has 1 saturated heterocycles. The number of nitrogens with one attached hydrogen (secondary N) is 1. The van der Waals surface area contributed by atoms with Crippen molar-refractivity contribution in [3.63, 3.8) is 0 Å². The summed E-state index contributed by atoms with van der Waals surface area (Å²) in [5.41, 5.74) is 1.44. The maximum absolute atomic E-state index is 12.4. The summed E-state index contributed by atoms with van der Waals surface area (Å²) < 4.78 is 0. The fraction of sp³-hybridized carbons (Fsp3) is 0.389. The summed E-state index contributed by atoms with van der Waals surface area (Å²) in [6.07, 6.45) is 1.69. The van der Waals surface area contributed by atoms with Crippen molar-refractivity contribution in [2.24, 2.45) is 0 Å². The zero-order chi connectivity index (χ0) is 19.6. The van der Waals surface area contributed by atoms with Gasteiger partial charge in [0, 0.05) is 30.1 Å². The Kier molecular flexibility index (Phi) is 6.37. The van der Waals surface area contributed by atoms with Crippen LogP contribution in [0.2, 0.25) is 10.0 Å². The second-order valence-corrected chi connectivity index (χ2v) is 8.27. The Balaban J connectivity index is 1.63. The molecule has 6 nitrogen and oxygen atoms in total. The molecule has 0 spiro atoms. The van der Waals surface area contributed by atoms with Crippen molar-refractivity contribution in [1.82, 2.24) is 14.8 Å². The average molecular weight is 427 g/mol. The van der Waals surface area contributed by atoms with E-state index >= 15 is 0 Å². The minimum absolute atomic E-state index is 0.0363. The van der Waals surface area contributed by atoms with Crippen LogP contribution in [0.5, 0.6) is 0 Å². The molecule has 1 N–H and O–H groups in total. The van der Waals surface area contributed by atoms with Crippen molar-refractivity contribution < 1.29 is 9.59 Å². The van der Waals surface area contributed by atoms with Crippen LogP contribution in [-0.2, 0) is 9.59 Å². The second kappa shape index (κ2) is 8.56. The molecule has 1 aromatic heterocycles. The normalized spacial score (nSPS) is 17.1. The predicted molar refractivity (Wildman–Crippen MR) is 109 cm³/mol. The van der Waals surface area contributed by atoms with Crippen LogP contribution in [0.1, 0.15) is 12.8 Å². The number of likely N-dealkylation sites (tertiary alicyclic amines) is 1. The van der Waals surface area contributed by atoms with Gasteiger partial charge in [0.1, 0.15) is 0 Å². The van der Waals surface area contributed by atoms with Gasteiger partial charge in [-0.25, -0.2) is 4.98 Å². The van der Waals surface area contributed by atoms with E-state index in [0.717, 1.165) is 24.9 Å². The first-order valence-electron chi connectivity index (χ1n) is 8.51. The highest BCUT2D eigenvalue weighted by Gasteiger charge is 2.32. The smallest absolute Gasteiger partial charge is 0.240 e. The molecule has 1 aliphatic heterocycles. The fourth-order valence-corrected chi connectivity index (χ4v) is 4.32. The van der Waals surface area contributed by atoms with Gasteiger partial charge in [0.25, 0.3) is 0 Å². The molecule has 0 radical (unpaired) electrons. The first-order valence-corrected chi connectivity index (χ1v) is 10.1. The van der Waals surface area contributed by atoms with Gasteiger partial charge in [0.2, 0.25) is 11.8 Å². The monoisotopic (exact) mass is 426 g/mol. The van der Waals surface area contributed by atoms with Gasteiger partial charge in [0.05, 0.1) is 23.3 Å². The quantitative estimate of drug-likeness (QED) is 0.792. The molecule has 27 heavy (non-hydrogen) atoms. The lowest BCUT2D eigenvalue weighted by atomic mass is 10.2. The lowest BCUT2D eigenvalue weighted by Gasteiger charge is -2.25. The van der Waals surface area contributed by atoms with E-state index in [1.165, 1.54) is 11.3 Å². The molecule has 1 unspecified atom stereocenters. The SMILES string of the molecule is CN(C)C(=O)C1CCCN1CC(=O)Nc1nc(-c2ccc(Cl)cc2Cl)cs1. The standard InChI is InChI=1S/C18H20Cl2N4O2S/c1-23(2)17(26)15-4-3-7-24(15)9-16(25)22-18-21-14(10-27-18)12-6-5-11(19)8-13(12)20/h5-6,8,10,15H,3-4,7,9H2,1-2H3,(H,21,22,25). The van der Waals surface area contributed by atoms with Gasteiger partial charge in [-0.1, -0.05) is 23.2 Å². The molecule has 1 aromatic carbocycles. The molecule has 0 aliphatic carbocycles. The van der Waals surface area contributed by atoms with Crippen molar-refractivity contribution in [2.75, 3.05) is 32.5 Å². The van der Waals surface area contributed by atoms with E-state index < -0.39 is 0 Å². The van der Waals surface area contributed by atoms with E-state index in [9.17, 15) is 9.59 Å². The van der Waals surface area contributed by atoms with Crippen LogP contribution in [0, 0.1) is 0 Å². The molecule has 2 aromatic rings. The van der Waals surface area contributed by atoms with Crippen molar-refractivity contribution in [3.8, 4) is 11.3 Å². The maximum Gasteiger partial charge on any atom is 0.240 e. The van der Waals surface area contributed by atoms with Gasteiger partial charge >= 0.3 is 0 Å². The first-order chi connectivity index (χ1) is 12.8. The molecular weight excluding hydrogens is 407 g/mol. The highest BCUT2D eigenvalue weighted by atomic mass is 35.5. The highest BCUT2D eigenvalue weighted by Crippen LogP contribution is 2.32. The molecule has 144 valence electrons. The summed E-state index contributed by atoms with van der Waals surface area (Å²) >= 11 is 13.5. The van der Waals surface area contributed by atoms with Crippen molar-refractivity contribution in [1.29, 1.82) is 0 Å². The molecule has 1 aliphatic rings. The number of hydrogen-bond donors (Lipinski definition) is 1. The number of hydrogen-bond acceptors (Lipinski definition) is 5. The Labute approximate surface area is 172 Å². The average Bonchev–Trinajstić information content (AvgIpc) is 3.23. The van der Waals surface area contributed by atoms with Crippen LogP contribution < -0.4 is 5.32 Å². The van der Waals surface area contributed by atoms with Crippen LogP contribution in [0.4, 0.5) is 5.13 Å². The Hall–Kier alpha value is -1.67. The van der Waals surface area contributed by atoms with Crippen LogP contribution in [-0.4, -0.2) is 59.8 Å². The number of thiazole rings is 1.